The van der Waals surface area contributed by atoms with Gasteiger partial charge in [0.1, 0.15) is 5.82 Å². The van der Waals surface area contributed by atoms with Gasteiger partial charge in [-0.2, -0.15) is 9.41 Å². The number of benzene rings is 1. The zero-order valence-corrected chi connectivity index (χ0v) is 13.3. The van der Waals surface area contributed by atoms with Crippen LogP contribution in [-0.4, -0.2) is 41.1 Å². The fourth-order valence-corrected chi connectivity index (χ4v) is 5.24. The van der Waals surface area contributed by atoms with Gasteiger partial charge in [-0.3, -0.25) is 4.79 Å². The van der Waals surface area contributed by atoms with Crippen molar-refractivity contribution in [3.05, 3.63) is 34.8 Å². The molecule has 1 aromatic carbocycles. The average molecular weight is 348 g/mol. The van der Waals surface area contributed by atoms with Crippen LogP contribution in [-0.2, 0) is 16.6 Å². The van der Waals surface area contributed by atoms with Crippen LogP contribution in [0, 0.1) is 5.82 Å². The van der Waals surface area contributed by atoms with Crippen molar-refractivity contribution in [1.29, 1.82) is 0 Å². The third-order valence-electron chi connectivity index (χ3n) is 4.73. The lowest BCUT2D eigenvalue weighted by molar-refractivity contribution is 0.0956. The summed E-state index contributed by atoms with van der Waals surface area (Å²) in [6.45, 7) is 0.285. The van der Waals surface area contributed by atoms with Crippen molar-refractivity contribution in [2.45, 2.75) is 24.6 Å². The molecule has 0 atom stereocenters. The molecule has 0 bridgehead atoms. The fraction of sp³-hybridized carbons (Fsp3) is 0.333. The van der Waals surface area contributed by atoms with E-state index in [0.29, 0.717) is 40.7 Å². The molecule has 0 unspecified atom stereocenters. The smallest absolute Gasteiger partial charge is 0.272 e. The van der Waals surface area contributed by atoms with Crippen LogP contribution in [0.5, 0.6) is 0 Å². The van der Waals surface area contributed by atoms with Gasteiger partial charge in [0.25, 0.3) is 5.91 Å². The molecule has 7 nitrogen and oxygen atoms in total. The molecule has 124 valence electrons. The molecule has 0 radical (unpaired) electrons. The summed E-state index contributed by atoms with van der Waals surface area (Å²) in [6, 6.07) is 2.49. The predicted octanol–water partition coefficient (Wildman–Crippen LogP) is 1.06. The number of aromatic nitrogens is 1. The van der Waals surface area contributed by atoms with Crippen molar-refractivity contribution in [1.82, 2.24) is 14.7 Å². The van der Waals surface area contributed by atoms with E-state index < -0.39 is 21.7 Å². The number of hydrogen-bond acceptors (Lipinski definition) is 4. The van der Waals surface area contributed by atoms with Gasteiger partial charge in [-0.25, -0.2) is 18.2 Å². The van der Waals surface area contributed by atoms with Gasteiger partial charge in [-0.05, 0) is 25.0 Å². The number of H-pyrrole nitrogens is 1. The molecule has 0 saturated heterocycles. The van der Waals surface area contributed by atoms with E-state index in [0.717, 1.165) is 0 Å². The highest BCUT2D eigenvalue weighted by atomic mass is 32.2. The number of carbonyl (C=O) groups excluding carboxylic acids is 1. The van der Waals surface area contributed by atoms with Crippen LogP contribution in [0.25, 0.3) is 10.9 Å². The monoisotopic (exact) mass is 348 g/mol. The van der Waals surface area contributed by atoms with Gasteiger partial charge < -0.3 is 4.98 Å². The first kappa shape index (κ1) is 14.1. The summed E-state index contributed by atoms with van der Waals surface area (Å²) >= 11 is 0. The maximum atomic E-state index is 13.8. The number of halogens is 1. The second-order valence-corrected chi connectivity index (χ2v) is 8.58. The Hall–Kier alpha value is -2.26. The molecule has 3 heterocycles. The van der Waals surface area contributed by atoms with Crippen molar-refractivity contribution < 1.29 is 17.6 Å². The maximum absolute atomic E-state index is 13.8. The topological polar surface area (TPSA) is 94.6 Å². The minimum Gasteiger partial charge on any atom is -0.357 e. The highest BCUT2D eigenvalue weighted by Gasteiger charge is 2.43. The Morgan fingerprint density at radius 1 is 1.25 bits per heavy atom. The van der Waals surface area contributed by atoms with Crippen LogP contribution in [0.15, 0.2) is 17.2 Å². The SMILES string of the molecule is O=C1NN=C2CN(S(=O)(=O)C3CC3)Cc3[nH]c4cc(F)cc1c4c32. The van der Waals surface area contributed by atoms with E-state index in [4.69, 9.17) is 0 Å². The minimum absolute atomic E-state index is 0.107. The Bertz CT molecular complexity index is 1050. The van der Waals surface area contributed by atoms with Crippen LogP contribution < -0.4 is 5.43 Å². The van der Waals surface area contributed by atoms with E-state index in [1.54, 1.807) is 0 Å². The van der Waals surface area contributed by atoms with Crippen LogP contribution in [0.2, 0.25) is 0 Å². The first-order valence-corrected chi connectivity index (χ1v) is 9.16. The van der Waals surface area contributed by atoms with Crippen molar-refractivity contribution in [2.75, 3.05) is 6.54 Å². The largest absolute Gasteiger partial charge is 0.357 e. The van der Waals surface area contributed by atoms with Gasteiger partial charge in [0.15, 0.2) is 0 Å². The number of aromatic amines is 1. The number of hydrogen-bond donors (Lipinski definition) is 2. The second kappa shape index (κ2) is 4.42. The Labute approximate surface area is 136 Å². The van der Waals surface area contributed by atoms with E-state index >= 15 is 0 Å². The van der Waals surface area contributed by atoms with Gasteiger partial charge in [-0.15, -0.1) is 0 Å². The van der Waals surface area contributed by atoms with Crippen molar-refractivity contribution in [3.8, 4) is 0 Å². The molecule has 3 aliphatic rings. The Balaban J connectivity index is 1.75. The third kappa shape index (κ3) is 1.82. The van der Waals surface area contributed by atoms with Gasteiger partial charge in [0, 0.05) is 16.6 Å². The van der Waals surface area contributed by atoms with Gasteiger partial charge in [0.2, 0.25) is 10.0 Å². The second-order valence-electron chi connectivity index (χ2n) is 6.37. The van der Waals surface area contributed by atoms with E-state index in [-0.39, 0.29) is 23.9 Å². The summed E-state index contributed by atoms with van der Waals surface area (Å²) in [6.07, 6.45) is 1.36. The molecule has 9 heteroatoms. The maximum Gasteiger partial charge on any atom is 0.272 e. The Morgan fingerprint density at radius 2 is 2.04 bits per heavy atom. The van der Waals surface area contributed by atoms with Crippen molar-refractivity contribution >= 4 is 32.5 Å². The van der Waals surface area contributed by atoms with E-state index in [9.17, 15) is 17.6 Å². The lowest BCUT2D eigenvalue weighted by Crippen LogP contribution is -2.41. The first-order valence-electron chi connectivity index (χ1n) is 7.65. The van der Waals surface area contributed by atoms with Gasteiger partial charge in [-0.1, -0.05) is 0 Å². The van der Waals surface area contributed by atoms with Crippen LogP contribution in [0.4, 0.5) is 4.39 Å². The Morgan fingerprint density at radius 3 is 2.79 bits per heavy atom. The number of hydrazone groups is 1. The van der Waals surface area contributed by atoms with Gasteiger partial charge in [0.05, 0.1) is 35.1 Å². The number of carbonyl (C=O) groups is 1. The highest BCUT2D eigenvalue weighted by Crippen LogP contribution is 2.37. The summed E-state index contributed by atoms with van der Waals surface area (Å²) in [5, 5.41) is 4.37. The number of rotatable bonds is 2. The lowest BCUT2D eigenvalue weighted by atomic mass is 9.99. The number of sulfonamides is 1. The number of amides is 1. The molecule has 0 spiro atoms. The van der Waals surface area contributed by atoms with Crippen LogP contribution >= 0.6 is 0 Å². The first-order chi connectivity index (χ1) is 11.4. The number of nitrogens with one attached hydrogen (secondary N) is 2. The number of nitrogens with zero attached hydrogens (tertiary/aromatic N) is 2. The highest BCUT2D eigenvalue weighted by molar-refractivity contribution is 7.90. The quantitative estimate of drug-likeness (QED) is 0.850. The normalized spacial score (nSPS) is 20.7. The van der Waals surface area contributed by atoms with E-state index in [2.05, 4.69) is 15.5 Å². The molecule has 1 aliphatic carbocycles. The molecule has 1 fully saturated rings. The standard InChI is InChI=1S/C15H13FN4O3S/c16-7-3-9-13-10(4-7)17-11-5-20(24(22,23)8-1-2-8)6-12(14(11)13)18-19-15(9)21/h3-4,8,17H,1-2,5-6H2,(H,19,21). The Kier molecular flexibility index (Phi) is 2.60. The summed E-state index contributed by atoms with van der Waals surface area (Å²) in [4.78, 5) is 15.3. The van der Waals surface area contributed by atoms with Crippen molar-refractivity contribution in [2.24, 2.45) is 5.10 Å². The predicted molar refractivity (Wildman–Crippen MR) is 84.6 cm³/mol. The molecule has 1 saturated carbocycles. The summed E-state index contributed by atoms with van der Waals surface area (Å²) < 4.78 is 40.3. The average Bonchev–Trinajstić information content (AvgIpc) is 3.33. The third-order valence-corrected chi connectivity index (χ3v) is 7.02. The van der Waals surface area contributed by atoms with Gasteiger partial charge >= 0.3 is 0 Å². The molecule has 5 rings (SSSR count). The summed E-state index contributed by atoms with van der Waals surface area (Å²) in [5.41, 5.74) is 4.90. The van der Waals surface area contributed by atoms with Crippen LogP contribution in [0.1, 0.15) is 34.5 Å². The fourth-order valence-electron chi connectivity index (χ4n) is 3.47. The zero-order chi connectivity index (χ0) is 16.6. The molecule has 2 N–H and O–H groups in total. The molecule has 2 aromatic rings. The molecule has 2 aliphatic heterocycles. The van der Waals surface area contributed by atoms with Crippen LogP contribution in [0.3, 0.4) is 0 Å². The molecular formula is C15H13FN4O3S. The lowest BCUT2D eigenvalue weighted by Gasteiger charge is -2.27. The summed E-state index contributed by atoms with van der Waals surface area (Å²) in [5.74, 6) is -1.03. The minimum atomic E-state index is -3.38. The summed E-state index contributed by atoms with van der Waals surface area (Å²) in [7, 11) is -3.38. The van der Waals surface area contributed by atoms with E-state index in [1.807, 2.05) is 0 Å². The molecule has 1 amide bonds. The zero-order valence-electron chi connectivity index (χ0n) is 12.5. The molecular weight excluding hydrogens is 335 g/mol. The molecule has 24 heavy (non-hydrogen) atoms. The van der Waals surface area contributed by atoms with Crippen molar-refractivity contribution in [3.63, 3.8) is 0 Å². The molecule has 1 aromatic heterocycles. The van der Waals surface area contributed by atoms with E-state index in [1.165, 1.54) is 16.4 Å².